The number of hydrogen-bond acceptors (Lipinski definition) is 5. The summed E-state index contributed by atoms with van der Waals surface area (Å²) in [5.74, 6) is 1.71. The Morgan fingerprint density at radius 2 is 2.32 bits per heavy atom. The van der Waals surface area contributed by atoms with E-state index in [9.17, 15) is 4.79 Å². The van der Waals surface area contributed by atoms with E-state index in [1.54, 1.807) is 18.1 Å². The van der Waals surface area contributed by atoms with Crippen LogP contribution < -0.4 is 5.32 Å². The molecule has 0 bridgehead atoms. The first-order chi connectivity index (χ1) is 10.6. The van der Waals surface area contributed by atoms with E-state index in [0.717, 1.165) is 18.6 Å². The van der Waals surface area contributed by atoms with Gasteiger partial charge in [-0.1, -0.05) is 18.5 Å². The van der Waals surface area contributed by atoms with Crippen LogP contribution in [0.15, 0.2) is 27.3 Å². The minimum absolute atomic E-state index is 0.173. The minimum Gasteiger partial charge on any atom is -0.467 e. The lowest BCUT2D eigenvalue weighted by Gasteiger charge is -2.23. The summed E-state index contributed by atoms with van der Waals surface area (Å²) in [4.78, 5) is 18.3. The van der Waals surface area contributed by atoms with E-state index < -0.39 is 0 Å². The van der Waals surface area contributed by atoms with Crippen molar-refractivity contribution in [1.29, 1.82) is 0 Å². The lowest BCUT2D eigenvalue weighted by molar-refractivity contribution is 0.183. The highest BCUT2D eigenvalue weighted by molar-refractivity contribution is 5.74. The Hall–Kier alpha value is -2.31. The van der Waals surface area contributed by atoms with Crippen LogP contribution in [0.4, 0.5) is 4.79 Å². The Balaban J connectivity index is 1.98. The summed E-state index contributed by atoms with van der Waals surface area (Å²) in [7, 11) is 0. The van der Waals surface area contributed by atoms with Crippen LogP contribution in [-0.4, -0.2) is 27.6 Å². The van der Waals surface area contributed by atoms with Gasteiger partial charge in [0.25, 0.3) is 0 Å². The maximum absolute atomic E-state index is 12.4. The number of nitrogens with zero attached hydrogens (tertiary/aromatic N) is 3. The number of hydrogen-bond donors (Lipinski definition) is 1. The van der Waals surface area contributed by atoms with Crippen molar-refractivity contribution < 1.29 is 13.7 Å². The molecular formula is C15H22N4O3. The van der Waals surface area contributed by atoms with E-state index in [1.165, 1.54) is 0 Å². The van der Waals surface area contributed by atoms with Crippen LogP contribution in [0.5, 0.6) is 0 Å². The van der Waals surface area contributed by atoms with Gasteiger partial charge in [0.15, 0.2) is 5.82 Å². The maximum Gasteiger partial charge on any atom is 0.318 e. The van der Waals surface area contributed by atoms with Crippen molar-refractivity contribution in [3.63, 3.8) is 0 Å². The highest BCUT2D eigenvalue weighted by Gasteiger charge is 2.20. The molecule has 0 saturated heterocycles. The Bertz CT molecular complexity index is 579. The van der Waals surface area contributed by atoms with Crippen molar-refractivity contribution in [2.45, 2.75) is 46.2 Å². The smallest absolute Gasteiger partial charge is 0.318 e. The number of furan rings is 1. The van der Waals surface area contributed by atoms with Gasteiger partial charge in [-0.25, -0.2) is 4.79 Å². The zero-order chi connectivity index (χ0) is 15.9. The molecule has 2 aromatic rings. The molecule has 0 aliphatic carbocycles. The van der Waals surface area contributed by atoms with Crippen LogP contribution in [0.25, 0.3) is 0 Å². The molecule has 7 nitrogen and oxygen atoms in total. The summed E-state index contributed by atoms with van der Waals surface area (Å²) in [6.07, 6.45) is 3.55. The van der Waals surface area contributed by atoms with Crippen LogP contribution in [-0.2, 0) is 6.54 Å². The first-order valence-corrected chi connectivity index (χ1v) is 7.48. The average Bonchev–Trinajstić information content (AvgIpc) is 3.14. The van der Waals surface area contributed by atoms with Crippen molar-refractivity contribution >= 4 is 6.03 Å². The second-order valence-corrected chi connectivity index (χ2v) is 5.21. The molecule has 0 aliphatic heterocycles. The zero-order valence-corrected chi connectivity index (χ0v) is 13.2. The molecule has 0 spiro atoms. The van der Waals surface area contributed by atoms with E-state index >= 15 is 0 Å². The molecule has 1 unspecified atom stereocenters. The molecule has 0 saturated carbocycles. The Labute approximate surface area is 129 Å². The number of carbonyl (C=O) groups is 1. The molecule has 2 amide bonds. The maximum atomic E-state index is 12.4. The number of urea groups is 1. The zero-order valence-electron chi connectivity index (χ0n) is 13.2. The highest BCUT2D eigenvalue weighted by atomic mass is 16.5. The molecule has 7 heteroatoms. The van der Waals surface area contributed by atoms with Gasteiger partial charge in [-0.05, 0) is 32.4 Å². The minimum atomic E-state index is -0.338. The third-order valence-corrected chi connectivity index (χ3v) is 3.25. The number of nitrogens with one attached hydrogen (secondary N) is 1. The van der Waals surface area contributed by atoms with Crippen molar-refractivity contribution in [1.82, 2.24) is 20.4 Å². The number of unbranched alkanes of at least 4 members (excludes halogenated alkanes) is 1. The van der Waals surface area contributed by atoms with Crippen LogP contribution in [0, 0.1) is 6.92 Å². The standard InChI is InChI=1S/C15H22N4O3/c1-4-5-8-19(10-13-7-6-9-21-13)15(20)16-11(2)14-17-12(3)18-22-14/h6-7,9,11H,4-5,8,10H2,1-3H3,(H,16,20). The third kappa shape index (κ3) is 4.34. The molecular weight excluding hydrogens is 284 g/mol. The van der Waals surface area contributed by atoms with Crippen molar-refractivity contribution in [2.75, 3.05) is 6.54 Å². The fraction of sp³-hybridized carbons (Fsp3) is 0.533. The van der Waals surface area contributed by atoms with Crippen molar-refractivity contribution in [2.24, 2.45) is 0 Å². The highest BCUT2D eigenvalue weighted by Crippen LogP contribution is 2.12. The van der Waals surface area contributed by atoms with Gasteiger partial charge >= 0.3 is 6.03 Å². The van der Waals surface area contributed by atoms with E-state index in [1.807, 2.05) is 19.1 Å². The van der Waals surface area contributed by atoms with E-state index in [2.05, 4.69) is 22.4 Å². The van der Waals surface area contributed by atoms with Gasteiger partial charge in [0.1, 0.15) is 11.8 Å². The fourth-order valence-electron chi connectivity index (χ4n) is 2.02. The van der Waals surface area contributed by atoms with Gasteiger partial charge in [-0.3, -0.25) is 0 Å². The Morgan fingerprint density at radius 1 is 1.50 bits per heavy atom. The number of rotatable bonds is 7. The summed E-state index contributed by atoms with van der Waals surface area (Å²) < 4.78 is 10.4. The lowest BCUT2D eigenvalue weighted by Crippen LogP contribution is -2.41. The van der Waals surface area contributed by atoms with Crippen LogP contribution >= 0.6 is 0 Å². The molecule has 1 N–H and O–H groups in total. The Kier molecular flexibility index (Phi) is 5.57. The van der Waals surface area contributed by atoms with Crippen LogP contribution in [0.2, 0.25) is 0 Å². The Morgan fingerprint density at radius 3 is 2.91 bits per heavy atom. The van der Waals surface area contributed by atoms with Crippen molar-refractivity contribution in [3.8, 4) is 0 Å². The summed E-state index contributed by atoms with van der Waals surface area (Å²) in [5.41, 5.74) is 0. The van der Waals surface area contributed by atoms with Crippen LogP contribution in [0.1, 0.15) is 50.2 Å². The van der Waals surface area contributed by atoms with Gasteiger partial charge in [0.05, 0.1) is 12.8 Å². The van der Waals surface area contributed by atoms with E-state index in [4.69, 9.17) is 8.94 Å². The van der Waals surface area contributed by atoms with Crippen LogP contribution in [0.3, 0.4) is 0 Å². The first kappa shape index (κ1) is 16.1. The van der Waals surface area contributed by atoms with E-state index in [-0.39, 0.29) is 12.1 Å². The summed E-state index contributed by atoms with van der Waals surface area (Å²) in [6, 6.07) is 3.16. The van der Waals surface area contributed by atoms with Gasteiger partial charge in [0, 0.05) is 6.54 Å². The molecule has 22 heavy (non-hydrogen) atoms. The fourth-order valence-corrected chi connectivity index (χ4v) is 2.02. The quantitative estimate of drug-likeness (QED) is 0.850. The van der Waals surface area contributed by atoms with Gasteiger partial charge in [-0.2, -0.15) is 4.98 Å². The SMILES string of the molecule is CCCCN(Cc1ccco1)C(=O)NC(C)c1nc(C)no1. The molecule has 2 heterocycles. The predicted octanol–water partition coefficient (Wildman–Crippen LogP) is 3.04. The molecule has 0 aliphatic rings. The largest absolute Gasteiger partial charge is 0.467 e. The summed E-state index contributed by atoms with van der Waals surface area (Å²) in [5, 5.41) is 6.61. The second kappa shape index (κ2) is 7.63. The summed E-state index contributed by atoms with van der Waals surface area (Å²) >= 11 is 0. The molecule has 0 aromatic carbocycles. The number of aromatic nitrogens is 2. The molecule has 0 fully saturated rings. The van der Waals surface area contributed by atoms with Gasteiger partial charge in [-0.15, -0.1) is 0 Å². The van der Waals surface area contributed by atoms with Gasteiger partial charge < -0.3 is 19.2 Å². The normalized spacial score (nSPS) is 12.1. The number of aryl methyl sites for hydroxylation is 1. The predicted molar refractivity (Wildman–Crippen MR) is 80.0 cm³/mol. The molecule has 0 radical (unpaired) electrons. The van der Waals surface area contributed by atoms with E-state index in [0.29, 0.717) is 24.8 Å². The topological polar surface area (TPSA) is 84.4 Å². The summed E-state index contributed by atoms with van der Waals surface area (Å²) in [6.45, 7) is 6.75. The molecule has 2 rings (SSSR count). The number of amides is 2. The van der Waals surface area contributed by atoms with Crippen molar-refractivity contribution in [3.05, 3.63) is 35.9 Å². The molecule has 120 valence electrons. The average molecular weight is 306 g/mol. The molecule has 1 atom stereocenters. The second-order valence-electron chi connectivity index (χ2n) is 5.21. The first-order valence-electron chi connectivity index (χ1n) is 7.48. The third-order valence-electron chi connectivity index (χ3n) is 3.25. The number of carbonyl (C=O) groups excluding carboxylic acids is 1. The lowest BCUT2D eigenvalue weighted by atomic mass is 10.3. The van der Waals surface area contributed by atoms with Gasteiger partial charge in [0.2, 0.25) is 5.89 Å². The monoisotopic (exact) mass is 306 g/mol. The molecule has 2 aromatic heterocycles.